The van der Waals surface area contributed by atoms with Crippen LogP contribution in [0.4, 0.5) is 0 Å². The quantitative estimate of drug-likeness (QED) is 0.175. The second-order valence-corrected chi connectivity index (χ2v) is 15.4. The highest BCUT2D eigenvalue weighted by Gasteiger charge is 2.21. The maximum atomic E-state index is 6.60. The van der Waals surface area contributed by atoms with E-state index >= 15 is 0 Å². The molecule has 12 aromatic rings. The Morgan fingerprint density at radius 1 is 0.316 bits per heavy atom. The van der Waals surface area contributed by atoms with Gasteiger partial charge in [-0.15, -0.1) is 11.3 Å². The SMILES string of the molecule is c1ccc(-c2nc(-c3ccccc3)nc(-c3cccc4sc5cc(-c6cc(-c7cccc8oc9ccccc9c78)c7c(c6)oc6ccccc67)ccc5c34)n2)cc1. The summed E-state index contributed by atoms with van der Waals surface area (Å²) in [5.74, 6) is 1.95. The van der Waals surface area contributed by atoms with Crippen LogP contribution in [-0.4, -0.2) is 15.0 Å². The maximum absolute atomic E-state index is 6.60. The number of aromatic nitrogens is 3. The molecule has 4 heterocycles. The minimum absolute atomic E-state index is 0.647. The van der Waals surface area contributed by atoms with Gasteiger partial charge < -0.3 is 8.83 Å². The molecule has 0 unspecified atom stereocenters. The Hall–Kier alpha value is -7.41. The molecule has 0 radical (unpaired) electrons. The number of para-hydroxylation sites is 2. The first-order chi connectivity index (χ1) is 28.2. The third-order valence-electron chi connectivity index (χ3n) is 10.9. The Bertz CT molecular complexity index is 3470. The highest BCUT2D eigenvalue weighted by molar-refractivity contribution is 7.26. The van der Waals surface area contributed by atoms with Crippen LogP contribution in [-0.2, 0) is 0 Å². The van der Waals surface area contributed by atoms with Gasteiger partial charge in [-0.1, -0.05) is 133 Å². The van der Waals surface area contributed by atoms with Gasteiger partial charge >= 0.3 is 0 Å². The highest BCUT2D eigenvalue weighted by Crippen LogP contribution is 2.46. The van der Waals surface area contributed by atoms with E-state index in [9.17, 15) is 0 Å². The van der Waals surface area contributed by atoms with Gasteiger partial charge in [-0.05, 0) is 64.7 Å². The Labute approximate surface area is 330 Å². The Kier molecular flexibility index (Phi) is 7.03. The summed E-state index contributed by atoms with van der Waals surface area (Å²) in [7, 11) is 0. The van der Waals surface area contributed by atoms with Gasteiger partial charge in [0.25, 0.3) is 0 Å². The predicted molar refractivity (Wildman–Crippen MR) is 234 cm³/mol. The first-order valence-electron chi connectivity index (χ1n) is 18.9. The lowest BCUT2D eigenvalue weighted by atomic mass is 9.92. The summed E-state index contributed by atoms with van der Waals surface area (Å²) >= 11 is 1.79. The van der Waals surface area contributed by atoms with Crippen LogP contribution in [0, 0.1) is 0 Å². The van der Waals surface area contributed by atoms with Gasteiger partial charge in [-0.3, -0.25) is 0 Å². The number of furan rings is 2. The standard InChI is InChI=1S/C51H29N3O2S/c1-3-13-30(14-4-1)49-52-50(31-15-5-2-6-16-31)54-51(53-49)38-20-12-24-44-48(38)37-26-25-32(29-45(37)57-44)33-27-39(47-36-18-8-10-22-41(36)56-43(47)28-33)34-19-11-23-42-46(34)35-17-7-9-21-40(35)55-42/h1-29H. The van der Waals surface area contributed by atoms with Crippen molar-refractivity contribution in [2.45, 2.75) is 0 Å². The van der Waals surface area contributed by atoms with Crippen LogP contribution < -0.4 is 0 Å². The monoisotopic (exact) mass is 747 g/mol. The van der Waals surface area contributed by atoms with Gasteiger partial charge in [-0.2, -0.15) is 0 Å². The number of fused-ring (bicyclic) bond motifs is 9. The Balaban J connectivity index is 1.06. The van der Waals surface area contributed by atoms with Crippen molar-refractivity contribution in [3.8, 4) is 56.4 Å². The van der Waals surface area contributed by atoms with Gasteiger partial charge in [0.1, 0.15) is 22.3 Å². The summed E-state index contributed by atoms with van der Waals surface area (Å²) in [6, 6.07) is 60.9. The molecule has 0 bridgehead atoms. The first kappa shape index (κ1) is 31.9. The topological polar surface area (TPSA) is 65.0 Å². The van der Waals surface area contributed by atoms with E-state index in [0.717, 1.165) is 93.6 Å². The molecule has 0 amide bonds. The van der Waals surface area contributed by atoms with Crippen LogP contribution >= 0.6 is 11.3 Å². The molecule has 0 fully saturated rings. The van der Waals surface area contributed by atoms with E-state index in [1.807, 2.05) is 84.9 Å². The zero-order valence-electron chi connectivity index (χ0n) is 30.3. The zero-order valence-corrected chi connectivity index (χ0v) is 31.1. The lowest BCUT2D eigenvalue weighted by Gasteiger charge is -2.11. The summed E-state index contributed by atoms with van der Waals surface area (Å²) in [5.41, 5.74) is 10.8. The number of nitrogens with zero attached hydrogens (tertiary/aromatic N) is 3. The largest absolute Gasteiger partial charge is 0.456 e. The van der Waals surface area contributed by atoms with Crippen LogP contribution in [0.3, 0.4) is 0 Å². The van der Waals surface area contributed by atoms with Crippen LogP contribution in [0.1, 0.15) is 0 Å². The average molecular weight is 748 g/mol. The number of rotatable bonds is 5. The first-order valence-corrected chi connectivity index (χ1v) is 19.7. The van der Waals surface area contributed by atoms with Crippen molar-refractivity contribution in [2.24, 2.45) is 0 Å². The fraction of sp³-hybridized carbons (Fsp3) is 0. The predicted octanol–water partition coefficient (Wildman–Crippen LogP) is 14.4. The van der Waals surface area contributed by atoms with E-state index in [2.05, 4.69) is 91.0 Å². The zero-order chi connectivity index (χ0) is 37.5. The number of hydrogen-bond acceptors (Lipinski definition) is 6. The van der Waals surface area contributed by atoms with Gasteiger partial charge in [0.15, 0.2) is 17.5 Å². The van der Waals surface area contributed by atoms with E-state index < -0.39 is 0 Å². The lowest BCUT2D eigenvalue weighted by Crippen LogP contribution is -2.00. The fourth-order valence-electron chi connectivity index (χ4n) is 8.35. The number of benzene rings is 8. The minimum Gasteiger partial charge on any atom is -0.456 e. The van der Waals surface area contributed by atoms with E-state index in [1.165, 1.54) is 9.40 Å². The van der Waals surface area contributed by atoms with Crippen LogP contribution in [0.5, 0.6) is 0 Å². The molecular weight excluding hydrogens is 719 g/mol. The highest BCUT2D eigenvalue weighted by atomic mass is 32.1. The van der Waals surface area contributed by atoms with Crippen molar-refractivity contribution < 1.29 is 8.83 Å². The lowest BCUT2D eigenvalue weighted by molar-refractivity contribution is 0.668. The molecule has 5 nitrogen and oxygen atoms in total. The Morgan fingerprint density at radius 2 is 0.895 bits per heavy atom. The molecule has 6 heteroatoms. The molecule has 8 aromatic carbocycles. The van der Waals surface area contributed by atoms with Crippen molar-refractivity contribution in [3.63, 3.8) is 0 Å². The molecule has 266 valence electrons. The molecule has 0 N–H and O–H groups in total. The molecule has 0 saturated heterocycles. The van der Waals surface area contributed by atoms with Crippen LogP contribution in [0.2, 0.25) is 0 Å². The van der Waals surface area contributed by atoms with E-state index in [-0.39, 0.29) is 0 Å². The summed E-state index contributed by atoms with van der Waals surface area (Å²) < 4.78 is 15.3. The maximum Gasteiger partial charge on any atom is 0.164 e. The molecule has 0 aliphatic carbocycles. The minimum atomic E-state index is 0.647. The van der Waals surface area contributed by atoms with Gasteiger partial charge in [0.2, 0.25) is 0 Å². The normalized spacial score (nSPS) is 11.9. The van der Waals surface area contributed by atoms with Crippen LogP contribution in [0.25, 0.3) is 120 Å². The summed E-state index contributed by atoms with van der Waals surface area (Å²) in [5, 5.41) is 6.70. The Morgan fingerprint density at radius 3 is 1.61 bits per heavy atom. The second-order valence-electron chi connectivity index (χ2n) is 14.3. The third kappa shape index (κ3) is 5.12. The molecule has 12 rings (SSSR count). The second kappa shape index (κ2) is 12.6. The number of thiophene rings is 1. The summed E-state index contributed by atoms with van der Waals surface area (Å²) in [6.07, 6.45) is 0. The molecule has 57 heavy (non-hydrogen) atoms. The van der Waals surface area contributed by atoms with E-state index in [4.69, 9.17) is 23.8 Å². The molecule has 0 aliphatic rings. The number of hydrogen-bond donors (Lipinski definition) is 0. The van der Waals surface area contributed by atoms with Crippen molar-refractivity contribution >= 4 is 75.4 Å². The molecule has 0 aliphatic heterocycles. The molecule has 0 saturated carbocycles. The molecule has 0 atom stereocenters. The van der Waals surface area contributed by atoms with Crippen LogP contribution in [0.15, 0.2) is 185 Å². The van der Waals surface area contributed by atoms with Crippen molar-refractivity contribution in [1.29, 1.82) is 0 Å². The van der Waals surface area contributed by atoms with Gasteiger partial charge in [0.05, 0.1) is 0 Å². The summed E-state index contributed by atoms with van der Waals surface area (Å²) in [6.45, 7) is 0. The van der Waals surface area contributed by atoms with E-state index in [1.54, 1.807) is 11.3 Å². The van der Waals surface area contributed by atoms with Gasteiger partial charge in [0, 0.05) is 58.4 Å². The smallest absolute Gasteiger partial charge is 0.164 e. The average Bonchev–Trinajstić information content (AvgIpc) is 3.97. The molecule has 0 spiro atoms. The fourth-order valence-corrected chi connectivity index (χ4v) is 9.52. The van der Waals surface area contributed by atoms with Gasteiger partial charge in [-0.25, -0.2) is 15.0 Å². The van der Waals surface area contributed by atoms with Crippen molar-refractivity contribution in [2.75, 3.05) is 0 Å². The van der Waals surface area contributed by atoms with Crippen molar-refractivity contribution in [1.82, 2.24) is 15.0 Å². The molecular formula is C51H29N3O2S. The third-order valence-corrected chi connectivity index (χ3v) is 12.1. The van der Waals surface area contributed by atoms with Crippen molar-refractivity contribution in [3.05, 3.63) is 176 Å². The van der Waals surface area contributed by atoms with E-state index in [0.29, 0.717) is 17.5 Å². The summed E-state index contributed by atoms with van der Waals surface area (Å²) in [4.78, 5) is 15.1. The molecule has 4 aromatic heterocycles.